The van der Waals surface area contributed by atoms with Gasteiger partial charge in [-0.1, -0.05) is 11.6 Å². The number of allylic oxidation sites excluding steroid dienone is 1. The van der Waals surface area contributed by atoms with Gasteiger partial charge in [0.25, 0.3) is 0 Å². The van der Waals surface area contributed by atoms with Gasteiger partial charge < -0.3 is 45.5 Å². The Bertz CT molecular complexity index is 560. The van der Waals surface area contributed by atoms with Gasteiger partial charge in [0.15, 0.2) is 12.0 Å². The largest absolute Gasteiger partial charge is 0.394 e. The summed E-state index contributed by atoms with van der Waals surface area (Å²) >= 11 is 5.76. The summed E-state index contributed by atoms with van der Waals surface area (Å²) in [6.07, 6.45) is -6.29. The second kappa shape index (κ2) is 8.26. The first-order valence-corrected chi connectivity index (χ1v) is 8.61. The predicted molar refractivity (Wildman–Crippen MR) is 93.4 cm³/mol. The molecule has 0 aromatic heterocycles. The molecule has 0 aromatic carbocycles. The first-order chi connectivity index (χ1) is 12.1. The molecule has 11 heteroatoms. The summed E-state index contributed by atoms with van der Waals surface area (Å²) in [6, 6.07) is 0. The Hall–Kier alpha value is -1.14. The van der Waals surface area contributed by atoms with Crippen LogP contribution in [0.15, 0.2) is 11.5 Å². The van der Waals surface area contributed by atoms with Crippen LogP contribution >= 0.6 is 11.6 Å². The Morgan fingerprint density at radius 3 is 2.15 bits per heavy atom. The number of nitrogens with one attached hydrogen (secondary N) is 4. The van der Waals surface area contributed by atoms with Gasteiger partial charge in [-0.15, -0.1) is 0 Å². The highest BCUT2D eigenvalue weighted by atomic mass is 35.5. The van der Waals surface area contributed by atoms with Gasteiger partial charge in [-0.3, -0.25) is 5.41 Å². The van der Waals surface area contributed by atoms with E-state index in [4.69, 9.17) is 31.2 Å². The van der Waals surface area contributed by atoms with Gasteiger partial charge in [-0.05, 0) is 13.8 Å². The molecule has 26 heavy (non-hydrogen) atoms. The van der Waals surface area contributed by atoms with Crippen LogP contribution in [0.5, 0.6) is 0 Å². The molecule has 0 radical (unpaired) electrons. The van der Waals surface area contributed by atoms with Crippen LogP contribution in [0.1, 0.15) is 13.8 Å². The summed E-state index contributed by atoms with van der Waals surface area (Å²) in [5.41, 5.74) is 0.246. The van der Waals surface area contributed by atoms with Gasteiger partial charge in [0.1, 0.15) is 47.2 Å². The molecule has 0 spiro atoms. The van der Waals surface area contributed by atoms with Gasteiger partial charge in [-0.25, -0.2) is 0 Å². The summed E-state index contributed by atoms with van der Waals surface area (Å²) < 4.78 is 17.1. The molecule has 2 heterocycles. The van der Waals surface area contributed by atoms with Crippen molar-refractivity contribution in [1.82, 2.24) is 16.0 Å². The van der Waals surface area contributed by atoms with Crippen LogP contribution in [0.4, 0.5) is 0 Å². The number of rotatable bonds is 6. The normalized spacial score (nSPS) is 37.2. The topological polar surface area (TPSA) is 148 Å². The zero-order chi connectivity index (χ0) is 19.6. The Morgan fingerprint density at radius 2 is 1.69 bits per heavy atom. The second-order valence-corrected chi connectivity index (χ2v) is 6.91. The Labute approximate surface area is 157 Å². The highest BCUT2D eigenvalue weighted by molar-refractivity contribution is 6.68. The molecular weight excluding hydrogens is 368 g/mol. The molecule has 2 rings (SSSR count). The fourth-order valence-corrected chi connectivity index (χ4v) is 3.29. The molecule has 4 unspecified atom stereocenters. The predicted octanol–water partition coefficient (Wildman–Crippen LogP) is -1.64. The third kappa shape index (κ3) is 4.22. The lowest BCUT2D eigenvalue weighted by Gasteiger charge is -2.30. The lowest BCUT2D eigenvalue weighted by Crippen LogP contribution is -2.51. The molecule has 150 valence electrons. The maximum atomic E-state index is 10.8. The van der Waals surface area contributed by atoms with E-state index in [-0.39, 0.29) is 10.9 Å². The van der Waals surface area contributed by atoms with Crippen LogP contribution in [-0.4, -0.2) is 83.7 Å². The van der Waals surface area contributed by atoms with Gasteiger partial charge in [0.2, 0.25) is 0 Å². The smallest absolute Gasteiger partial charge is 0.164 e. The summed E-state index contributed by atoms with van der Waals surface area (Å²) in [5, 5.41) is 46.7. The van der Waals surface area contributed by atoms with Crippen LogP contribution in [0, 0.1) is 5.41 Å². The van der Waals surface area contributed by atoms with Crippen molar-refractivity contribution in [2.24, 2.45) is 0 Å². The number of ether oxygens (including phenoxy) is 3. The Morgan fingerprint density at radius 1 is 1.12 bits per heavy atom. The SMILES string of the molecule is CN/C(NC1OC(CO)[C@@H](O)C2OC(C)(C)O[C@@H]2C1O)=C(/NC)C(=N)Cl. The molecule has 0 aromatic rings. The molecule has 0 aliphatic carbocycles. The molecule has 6 atom stereocenters. The molecule has 10 nitrogen and oxygen atoms in total. The lowest BCUT2D eigenvalue weighted by atomic mass is 10.0. The molecule has 0 amide bonds. The molecule has 2 aliphatic rings. The zero-order valence-electron chi connectivity index (χ0n) is 15.1. The van der Waals surface area contributed by atoms with E-state index in [9.17, 15) is 15.3 Å². The maximum absolute atomic E-state index is 10.8. The summed E-state index contributed by atoms with van der Waals surface area (Å²) in [5.74, 6) is -0.714. The van der Waals surface area contributed by atoms with E-state index in [1.165, 1.54) is 0 Å². The molecule has 0 bridgehead atoms. The number of hydrogen-bond acceptors (Lipinski definition) is 10. The van der Waals surface area contributed by atoms with Gasteiger partial charge >= 0.3 is 0 Å². The molecule has 2 saturated heterocycles. The van der Waals surface area contributed by atoms with Crippen molar-refractivity contribution in [3.63, 3.8) is 0 Å². The van der Waals surface area contributed by atoms with Crippen LogP contribution < -0.4 is 16.0 Å². The van der Waals surface area contributed by atoms with Crippen LogP contribution in [0.2, 0.25) is 0 Å². The Balaban J connectivity index is 2.34. The number of fused-ring (bicyclic) bond motifs is 1. The molecule has 2 fully saturated rings. The third-order valence-electron chi connectivity index (χ3n) is 4.29. The Kier molecular flexibility index (Phi) is 6.72. The standard InChI is InChI=1S/C15H27ClN4O6/c1-15(2)25-10-8(22)6(5-21)24-14(9(23)11(10)26-15)20-13(19-4)7(18-3)12(16)17/h6,8-11,14,17-23H,5H2,1-4H3/b13-7-,17-12?/t6?,8-,9?,10?,11-,14?/m1/s1. The number of hydrogen-bond donors (Lipinski definition) is 7. The van der Waals surface area contributed by atoms with Crippen LogP contribution in [0.3, 0.4) is 0 Å². The summed E-state index contributed by atoms with van der Waals surface area (Å²) in [4.78, 5) is 0. The minimum Gasteiger partial charge on any atom is -0.394 e. The minimum absolute atomic E-state index is 0.246. The maximum Gasteiger partial charge on any atom is 0.164 e. The summed E-state index contributed by atoms with van der Waals surface area (Å²) in [6.45, 7) is 2.86. The van der Waals surface area contributed by atoms with Gasteiger partial charge in [0, 0.05) is 14.1 Å². The molecule has 2 aliphatic heterocycles. The van der Waals surface area contributed by atoms with E-state index >= 15 is 0 Å². The fraction of sp³-hybridized carbons (Fsp3) is 0.800. The quantitative estimate of drug-likeness (QED) is 0.263. The van der Waals surface area contributed by atoms with Crippen molar-refractivity contribution < 1.29 is 29.5 Å². The van der Waals surface area contributed by atoms with Crippen molar-refractivity contribution in [2.75, 3.05) is 20.7 Å². The van der Waals surface area contributed by atoms with Crippen molar-refractivity contribution in [1.29, 1.82) is 5.41 Å². The lowest BCUT2D eigenvalue weighted by molar-refractivity contribution is -0.198. The van der Waals surface area contributed by atoms with E-state index in [1.54, 1.807) is 27.9 Å². The highest BCUT2D eigenvalue weighted by Crippen LogP contribution is 2.36. The highest BCUT2D eigenvalue weighted by Gasteiger charge is 2.54. The van der Waals surface area contributed by atoms with Crippen LogP contribution in [-0.2, 0) is 14.2 Å². The van der Waals surface area contributed by atoms with Crippen molar-refractivity contribution in [3.8, 4) is 0 Å². The van der Waals surface area contributed by atoms with Gasteiger partial charge in [-0.2, -0.15) is 0 Å². The molecule has 0 saturated carbocycles. The van der Waals surface area contributed by atoms with Crippen molar-refractivity contribution >= 4 is 16.8 Å². The third-order valence-corrected chi connectivity index (χ3v) is 4.47. The zero-order valence-corrected chi connectivity index (χ0v) is 15.9. The van der Waals surface area contributed by atoms with Crippen molar-refractivity contribution in [2.45, 2.75) is 56.4 Å². The van der Waals surface area contributed by atoms with E-state index in [1.807, 2.05) is 0 Å². The molecular formula is C15H27ClN4O6. The van der Waals surface area contributed by atoms with E-state index in [0.717, 1.165) is 0 Å². The van der Waals surface area contributed by atoms with Crippen LogP contribution in [0.25, 0.3) is 0 Å². The average molecular weight is 395 g/mol. The molecule has 7 N–H and O–H groups in total. The van der Waals surface area contributed by atoms with E-state index in [0.29, 0.717) is 5.82 Å². The number of aliphatic hydroxyl groups excluding tert-OH is 3. The van der Waals surface area contributed by atoms with Crippen molar-refractivity contribution in [3.05, 3.63) is 11.5 Å². The average Bonchev–Trinajstić information content (AvgIpc) is 2.87. The second-order valence-electron chi connectivity index (χ2n) is 6.53. The summed E-state index contributed by atoms with van der Waals surface area (Å²) in [7, 11) is 3.18. The fourth-order valence-electron chi connectivity index (χ4n) is 3.11. The van der Waals surface area contributed by atoms with Gasteiger partial charge in [0.05, 0.1) is 6.61 Å². The minimum atomic E-state index is -1.24. The van der Waals surface area contributed by atoms with E-state index in [2.05, 4.69) is 16.0 Å². The van der Waals surface area contributed by atoms with E-state index < -0.39 is 49.1 Å². The monoisotopic (exact) mass is 394 g/mol. The first-order valence-electron chi connectivity index (χ1n) is 8.24. The first kappa shape index (κ1) is 21.2. The number of halogens is 1. The number of aliphatic hydroxyl groups is 3.